The molecule has 0 saturated heterocycles. The van der Waals surface area contributed by atoms with E-state index in [9.17, 15) is 23.6 Å². The predicted molar refractivity (Wildman–Crippen MR) is 93.1 cm³/mol. The number of halogens is 1. The van der Waals surface area contributed by atoms with Crippen LogP contribution in [0.4, 0.5) is 4.39 Å². The third kappa shape index (κ3) is 4.63. The molecule has 27 heavy (non-hydrogen) atoms. The van der Waals surface area contributed by atoms with Gasteiger partial charge in [-0.05, 0) is 37.1 Å². The summed E-state index contributed by atoms with van der Waals surface area (Å²) in [5.41, 5.74) is 1.66. The molecule has 2 rings (SSSR count). The van der Waals surface area contributed by atoms with Crippen LogP contribution >= 0.6 is 0 Å². The van der Waals surface area contributed by atoms with E-state index in [1.807, 2.05) is 0 Å². The third-order valence-electron chi connectivity index (χ3n) is 4.17. The Bertz CT molecular complexity index is 954. The second kappa shape index (κ2) is 8.35. The van der Waals surface area contributed by atoms with Gasteiger partial charge in [-0.2, -0.15) is 5.10 Å². The van der Waals surface area contributed by atoms with E-state index in [0.717, 1.165) is 11.0 Å². The van der Waals surface area contributed by atoms with Crippen molar-refractivity contribution in [1.82, 2.24) is 15.1 Å². The first-order chi connectivity index (χ1) is 12.7. The third-order valence-corrected chi connectivity index (χ3v) is 4.17. The fraction of sp³-hybridized carbons (Fsp3) is 0.278. The second-order valence-corrected chi connectivity index (χ2v) is 5.99. The summed E-state index contributed by atoms with van der Waals surface area (Å²) in [4.78, 5) is 46.3. The second-order valence-electron chi connectivity index (χ2n) is 5.99. The summed E-state index contributed by atoms with van der Waals surface area (Å²) >= 11 is 0. The van der Waals surface area contributed by atoms with Crippen molar-refractivity contribution in [2.45, 2.75) is 20.3 Å². The molecule has 0 aliphatic rings. The minimum atomic E-state index is -1.31. The van der Waals surface area contributed by atoms with Gasteiger partial charge in [0.1, 0.15) is 18.6 Å². The number of carboxylic acids is 1. The molecular weight excluding hydrogens is 357 g/mol. The highest BCUT2D eigenvalue weighted by atomic mass is 19.1. The number of benzene rings is 1. The summed E-state index contributed by atoms with van der Waals surface area (Å²) in [5, 5.41) is 15.2. The molecular formula is C18H18FN3O5. The highest BCUT2D eigenvalue weighted by Gasteiger charge is 2.22. The van der Waals surface area contributed by atoms with E-state index in [2.05, 4.69) is 10.2 Å². The van der Waals surface area contributed by atoms with Crippen molar-refractivity contribution in [2.75, 3.05) is 13.1 Å². The Kier molecular flexibility index (Phi) is 6.17. The maximum Gasteiger partial charge on any atom is 0.323 e. The van der Waals surface area contributed by atoms with Crippen LogP contribution in [0.2, 0.25) is 0 Å². The standard InChI is InChI=1S/C18H18FN3O5/c1-10-11(2)17(26)21-20-15(10)8-12-3-4-14(19)13(7-12)18(27)22(5-6-23)9-16(24)25/h3-4,6-7H,5,8-9H2,1-2H3,(H,21,26)(H,24,25). The number of hydrogen-bond acceptors (Lipinski definition) is 5. The number of carboxylic acid groups (broad SMARTS) is 1. The minimum absolute atomic E-state index is 0.233. The Hall–Kier alpha value is -3.36. The molecule has 0 aliphatic carbocycles. The quantitative estimate of drug-likeness (QED) is 0.692. The molecule has 0 atom stereocenters. The number of aliphatic carboxylic acids is 1. The summed E-state index contributed by atoms with van der Waals surface area (Å²) in [6.45, 7) is 2.21. The number of amides is 1. The van der Waals surface area contributed by atoms with Gasteiger partial charge in [0.15, 0.2) is 0 Å². The molecule has 1 amide bonds. The molecule has 142 valence electrons. The van der Waals surface area contributed by atoms with E-state index in [4.69, 9.17) is 5.11 Å². The lowest BCUT2D eigenvalue weighted by Crippen LogP contribution is -2.37. The van der Waals surface area contributed by atoms with E-state index < -0.39 is 30.8 Å². The molecule has 0 aliphatic heterocycles. The first-order valence-electron chi connectivity index (χ1n) is 8.02. The Morgan fingerprint density at radius 3 is 2.63 bits per heavy atom. The fourth-order valence-electron chi connectivity index (χ4n) is 2.53. The fourth-order valence-corrected chi connectivity index (χ4v) is 2.53. The van der Waals surface area contributed by atoms with Crippen LogP contribution < -0.4 is 5.56 Å². The molecule has 0 spiro atoms. The summed E-state index contributed by atoms with van der Waals surface area (Å²) in [7, 11) is 0. The number of aldehydes is 1. The Balaban J connectivity index is 2.36. The lowest BCUT2D eigenvalue weighted by atomic mass is 10.0. The van der Waals surface area contributed by atoms with Crippen LogP contribution in [0.15, 0.2) is 23.0 Å². The van der Waals surface area contributed by atoms with Gasteiger partial charge in [-0.15, -0.1) is 0 Å². The van der Waals surface area contributed by atoms with Crippen molar-refractivity contribution >= 4 is 18.2 Å². The van der Waals surface area contributed by atoms with Crippen LogP contribution in [-0.4, -0.2) is 51.5 Å². The molecule has 0 fully saturated rings. The van der Waals surface area contributed by atoms with Gasteiger partial charge in [-0.25, -0.2) is 9.49 Å². The van der Waals surface area contributed by atoms with Gasteiger partial charge in [0.2, 0.25) is 0 Å². The van der Waals surface area contributed by atoms with Gasteiger partial charge in [-0.1, -0.05) is 6.07 Å². The summed E-state index contributed by atoms with van der Waals surface area (Å²) in [6, 6.07) is 3.85. The predicted octanol–water partition coefficient (Wildman–Crippen LogP) is 0.842. The van der Waals surface area contributed by atoms with Crippen molar-refractivity contribution in [2.24, 2.45) is 0 Å². The zero-order valence-electron chi connectivity index (χ0n) is 14.8. The number of aromatic nitrogens is 2. The molecule has 2 N–H and O–H groups in total. The monoisotopic (exact) mass is 375 g/mol. The van der Waals surface area contributed by atoms with Gasteiger partial charge < -0.3 is 14.8 Å². The van der Waals surface area contributed by atoms with Gasteiger partial charge >= 0.3 is 5.97 Å². The van der Waals surface area contributed by atoms with Crippen LogP contribution in [0.25, 0.3) is 0 Å². The molecule has 1 aromatic heterocycles. The van der Waals surface area contributed by atoms with Gasteiger partial charge in [0.25, 0.3) is 11.5 Å². The molecule has 1 aromatic carbocycles. The molecule has 0 saturated carbocycles. The highest BCUT2D eigenvalue weighted by Crippen LogP contribution is 2.17. The molecule has 0 radical (unpaired) electrons. The van der Waals surface area contributed by atoms with Crippen LogP contribution in [0.3, 0.4) is 0 Å². The van der Waals surface area contributed by atoms with Crippen molar-refractivity contribution in [1.29, 1.82) is 0 Å². The van der Waals surface area contributed by atoms with Crippen LogP contribution in [0.1, 0.15) is 32.7 Å². The van der Waals surface area contributed by atoms with Crippen molar-refractivity contribution in [3.8, 4) is 0 Å². The Labute approximate surface area is 153 Å². The van der Waals surface area contributed by atoms with Crippen molar-refractivity contribution in [3.63, 3.8) is 0 Å². The smallest absolute Gasteiger partial charge is 0.323 e. The first-order valence-corrected chi connectivity index (χ1v) is 8.02. The average Bonchev–Trinajstić information content (AvgIpc) is 2.62. The maximum absolute atomic E-state index is 14.1. The molecule has 1 heterocycles. The van der Waals surface area contributed by atoms with Crippen LogP contribution in [0, 0.1) is 19.7 Å². The normalized spacial score (nSPS) is 10.5. The van der Waals surface area contributed by atoms with Crippen LogP contribution in [-0.2, 0) is 16.0 Å². The lowest BCUT2D eigenvalue weighted by molar-refractivity contribution is -0.137. The number of nitrogens with one attached hydrogen (secondary N) is 1. The number of nitrogens with zero attached hydrogens (tertiary/aromatic N) is 2. The van der Waals surface area contributed by atoms with Gasteiger partial charge in [-0.3, -0.25) is 14.4 Å². The zero-order chi connectivity index (χ0) is 20.1. The lowest BCUT2D eigenvalue weighted by Gasteiger charge is -2.18. The number of carbonyl (C=O) groups excluding carboxylic acids is 2. The molecule has 0 unspecified atom stereocenters. The summed E-state index contributed by atoms with van der Waals surface area (Å²) in [5.74, 6) is -3.04. The minimum Gasteiger partial charge on any atom is -0.480 e. The number of H-pyrrole nitrogens is 1. The summed E-state index contributed by atoms with van der Waals surface area (Å²) < 4.78 is 14.1. The Morgan fingerprint density at radius 2 is 2.00 bits per heavy atom. The molecule has 9 heteroatoms. The molecule has 2 aromatic rings. The van der Waals surface area contributed by atoms with Gasteiger partial charge in [0.05, 0.1) is 17.8 Å². The van der Waals surface area contributed by atoms with E-state index in [1.54, 1.807) is 13.8 Å². The first kappa shape index (κ1) is 20.0. The SMILES string of the molecule is Cc1c(Cc2ccc(F)c(C(=O)N(CC=O)CC(=O)O)c2)n[nH]c(=O)c1C. The summed E-state index contributed by atoms with van der Waals surface area (Å²) in [6.07, 6.45) is 0.607. The van der Waals surface area contributed by atoms with Crippen LogP contribution in [0.5, 0.6) is 0 Å². The van der Waals surface area contributed by atoms with E-state index in [-0.39, 0.29) is 17.5 Å². The Morgan fingerprint density at radius 1 is 1.30 bits per heavy atom. The van der Waals surface area contributed by atoms with Crippen molar-refractivity contribution < 1.29 is 23.9 Å². The van der Waals surface area contributed by atoms with Crippen molar-refractivity contribution in [3.05, 3.63) is 62.3 Å². The number of hydrogen-bond donors (Lipinski definition) is 2. The van der Waals surface area contributed by atoms with E-state index in [0.29, 0.717) is 28.7 Å². The highest BCUT2D eigenvalue weighted by molar-refractivity contribution is 5.97. The maximum atomic E-state index is 14.1. The molecule has 0 bridgehead atoms. The molecule has 8 nitrogen and oxygen atoms in total. The number of rotatable bonds is 7. The largest absolute Gasteiger partial charge is 0.480 e. The van der Waals surface area contributed by atoms with Gasteiger partial charge in [0, 0.05) is 12.0 Å². The average molecular weight is 375 g/mol. The number of carbonyl (C=O) groups is 3. The van der Waals surface area contributed by atoms with E-state index >= 15 is 0 Å². The van der Waals surface area contributed by atoms with E-state index in [1.165, 1.54) is 12.1 Å². The zero-order valence-corrected chi connectivity index (χ0v) is 14.8. The topological polar surface area (TPSA) is 120 Å². The number of aromatic amines is 1.